The van der Waals surface area contributed by atoms with Crippen molar-refractivity contribution in [2.75, 3.05) is 19.6 Å². The van der Waals surface area contributed by atoms with E-state index in [2.05, 4.69) is 43.1 Å². The van der Waals surface area contributed by atoms with Crippen LogP contribution in [0.1, 0.15) is 34.6 Å². The molecular weight excluding hydrogens is 216 g/mol. The van der Waals surface area contributed by atoms with Crippen molar-refractivity contribution in [1.82, 2.24) is 10.2 Å². The number of hydrogen-bond acceptors (Lipinski definition) is 4. The van der Waals surface area contributed by atoms with Gasteiger partial charge in [-0.1, -0.05) is 12.1 Å². The van der Waals surface area contributed by atoms with Crippen molar-refractivity contribution in [2.24, 2.45) is 16.8 Å². The molecule has 0 radical (unpaired) electrons. The van der Waals surface area contributed by atoms with Crippen molar-refractivity contribution < 1.29 is 5.21 Å². The third kappa shape index (κ3) is 6.48. The maximum Gasteiger partial charge on any atom is 0.143 e. The number of rotatable bonds is 8. The molecule has 0 saturated carbocycles. The number of nitrogens with one attached hydrogen (secondary N) is 1. The van der Waals surface area contributed by atoms with Gasteiger partial charge in [0.1, 0.15) is 5.84 Å². The Kier molecular flexibility index (Phi) is 7.91. The van der Waals surface area contributed by atoms with Gasteiger partial charge in [0, 0.05) is 37.6 Å². The number of nitrogens with two attached hydrogens (primary N) is 1. The van der Waals surface area contributed by atoms with Gasteiger partial charge in [-0.3, -0.25) is 4.90 Å². The molecule has 0 aromatic rings. The summed E-state index contributed by atoms with van der Waals surface area (Å²) >= 11 is 0. The Morgan fingerprint density at radius 2 is 1.76 bits per heavy atom. The van der Waals surface area contributed by atoms with Crippen molar-refractivity contribution in [3.63, 3.8) is 0 Å². The average Bonchev–Trinajstić information content (AvgIpc) is 2.26. The standard InChI is InChI=1S/C12H28N4O/c1-9(2)16(10(3)4)7-6-14-8-11(5)12(13)15-17/h9-11,14,17H,6-8H2,1-5H3,(H2,13,15). The Morgan fingerprint density at radius 1 is 1.24 bits per heavy atom. The van der Waals surface area contributed by atoms with Crippen LogP contribution in [0.5, 0.6) is 0 Å². The van der Waals surface area contributed by atoms with E-state index < -0.39 is 0 Å². The van der Waals surface area contributed by atoms with Crippen LogP contribution in [0.15, 0.2) is 5.16 Å². The first-order valence-corrected chi connectivity index (χ1v) is 6.34. The zero-order chi connectivity index (χ0) is 13.4. The minimum atomic E-state index is 0.0616. The molecule has 0 saturated heterocycles. The van der Waals surface area contributed by atoms with E-state index in [0.717, 1.165) is 19.6 Å². The van der Waals surface area contributed by atoms with Gasteiger partial charge in [0.2, 0.25) is 0 Å². The van der Waals surface area contributed by atoms with Crippen LogP contribution in [0.25, 0.3) is 0 Å². The molecular formula is C12H28N4O. The first-order chi connectivity index (χ1) is 7.90. The van der Waals surface area contributed by atoms with E-state index >= 15 is 0 Å². The fraction of sp³-hybridized carbons (Fsp3) is 0.917. The summed E-state index contributed by atoms with van der Waals surface area (Å²) < 4.78 is 0. The second kappa shape index (κ2) is 8.31. The summed E-state index contributed by atoms with van der Waals surface area (Å²) in [6.07, 6.45) is 0. The average molecular weight is 244 g/mol. The van der Waals surface area contributed by atoms with Crippen LogP contribution >= 0.6 is 0 Å². The lowest BCUT2D eigenvalue weighted by Gasteiger charge is -2.30. The third-order valence-electron chi connectivity index (χ3n) is 2.94. The van der Waals surface area contributed by atoms with Gasteiger partial charge >= 0.3 is 0 Å². The van der Waals surface area contributed by atoms with Gasteiger partial charge in [-0.25, -0.2) is 0 Å². The lowest BCUT2D eigenvalue weighted by Crippen LogP contribution is -2.42. The summed E-state index contributed by atoms with van der Waals surface area (Å²) in [5.74, 6) is 0.341. The fourth-order valence-corrected chi connectivity index (χ4v) is 1.84. The highest BCUT2D eigenvalue weighted by Gasteiger charge is 2.12. The molecule has 0 spiro atoms. The maximum atomic E-state index is 8.52. The zero-order valence-electron chi connectivity index (χ0n) is 11.8. The van der Waals surface area contributed by atoms with E-state index in [9.17, 15) is 0 Å². The number of amidine groups is 1. The molecule has 0 aliphatic carbocycles. The van der Waals surface area contributed by atoms with Gasteiger partial charge in [0.25, 0.3) is 0 Å². The van der Waals surface area contributed by atoms with Crippen molar-refractivity contribution in [2.45, 2.75) is 46.7 Å². The lowest BCUT2D eigenvalue weighted by atomic mass is 10.1. The van der Waals surface area contributed by atoms with Crippen molar-refractivity contribution in [3.05, 3.63) is 0 Å². The quantitative estimate of drug-likeness (QED) is 0.196. The molecule has 5 heteroatoms. The van der Waals surface area contributed by atoms with E-state index in [0.29, 0.717) is 12.1 Å². The Morgan fingerprint density at radius 3 is 2.18 bits per heavy atom. The van der Waals surface area contributed by atoms with Crippen molar-refractivity contribution >= 4 is 5.84 Å². The molecule has 0 heterocycles. The van der Waals surface area contributed by atoms with E-state index in [4.69, 9.17) is 10.9 Å². The Labute approximate surface area is 105 Å². The maximum absolute atomic E-state index is 8.52. The molecule has 1 atom stereocenters. The smallest absolute Gasteiger partial charge is 0.143 e. The summed E-state index contributed by atoms with van der Waals surface area (Å²) in [4.78, 5) is 2.43. The summed E-state index contributed by atoms with van der Waals surface area (Å²) in [5.41, 5.74) is 5.50. The zero-order valence-corrected chi connectivity index (χ0v) is 11.8. The molecule has 1 unspecified atom stereocenters. The highest BCUT2D eigenvalue weighted by Crippen LogP contribution is 2.03. The summed E-state index contributed by atoms with van der Waals surface area (Å²) in [6, 6.07) is 1.11. The fourth-order valence-electron chi connectivity index (χ4n) is 1.84. The van der Waals surface area contributed by atoms with Crippen LogP contribution in [0.3, 0.4) is 0 Å². The molecule has 0 amide bonds. The molecule has 0 fully saturated rings. The van der Waals surface area contributed by atoms with Crippen LogP contribution in [-0.2, 0) is 0 Å². The highest BCUT2D eigenvalue weighted by molar-refractivity contribution is 5.82. The van der Waals surface area contributed by atoms with Crippen molar-refractivity contribution in [1.29, 1.82) is 0 Å². The van der Waals surface area contributed by atoms with Gasteiger partial charge in [-0.2, -0.15) is 0 Å². The second-order valence-electron chi connectivity index (χ2n) is 5.06. The highest BCUT2D eigenvalue weighted by atomic mass is 16.4. The molecule has 0 rings (SSSR count). The van der Waals surface area contributed by atoms with Gasteiger partial charge in [0.05, 0.1) is 0 Å². The van der Waals surface area contributed by atoms with E-state index in [1.807, 2.05) is 6.92 Å². The summed E-state index contributed by atoms with van der Waals surface area (Å²) in [5, 5.41) is 14.9. The molecule has 102 valence electrons. The van der Waals surface area contributed by atoms with Gasteiger partial charge in [0.15, 0.2) is 0 Å². The Balaban J connectivity index is 3.83. The SMILES string of the molecule is CC(CNCCN(C(C)C)C(C)C)C(N)=NO. The first-order valence-electron chi connectivity index (χ1n) is 6.34. The van der Waals surface area contributed by atoms with Crippen LogP contribution < -0.4 is 11.1 Å². The summed E-state index contributed by atoms with van der Waals surface area (Å²) in [6.45, 7) is 13.4. The van der Waals surface area contributed by atoms with Gasteiger partial charge in [-0.15, -0.1) is 0 Å². The monoisotopic (exact) mass is 244 g/mol. The van der Waals surface area contributed by atoms with Crippen LogP contribution in [0.2, 0.25) is 0 Å². The molecule has 0 aromatic carbocycles. The molecule has 0 aliphatic rings. The van der Waals surface area contributed by atoms with Crippen LogP contribution in [-0.4, -0.2) is 47.7 Å². The third-order valence-corrected chi connectivity index (χ3v) is 2.94. The van der Waals surface area contributed by atoms with E-state index in [-0.39, 0.29) is 11.8 Å². The van der Waals surface area contributed by atoms with Gasteiger partial charge < -0.3 is 16.3 Å². The lowest BCUT2D eigenvalue weighted by molar-refractivity contribution is 0.175. The molecule has 4 N–H and O–H groups in total. The normalized spacial score (nSPS) is 14.9. The van der Waals surface area contributed by atoms with Crippen LogP contribution in [0, 0.1) is 5.92 Å². The predicted molar refractivity (Wildman–Crippen MR) is 72.4 cm³/mol. The second-order valence-corrected chi connectivity index (χ2v) is 5.06. The van der Waals surface area contributed by atoms with E-state index in [1.54, 1.807) is 0 Å². The molecule has 5 nitrogen and oxygen atoms in total. The predicted octanol–water partition coefficient (Wildman–Crippen LogP) is 1.08. The number of hydrogen-bond donors (Lipinski definition) is 3. The van der Waals surface area contributed by atoms with Crippen LogP contribution in [0.4, 0.5) is 0 Å². The molecule has 17 heavy (non-hydrogen) atoms. The molecule has 0 bridgehead atoms. The summed E-state index contributed by atoms with van der Waals surface area (Å²) in [7, 11) is 0. The minimum absolute atomic E-state index is 0.0616. The Hall–Kier alpha value is -0.810. The Bertz CT molecular complexity index is 221. The van der Waals surface area contributed by atoms with E-state index in [1.165, 1.54) is 0 Å². The number of oxime groups is 1. The first kappa shape index (κ1) is 16.2. The topological polar surface area (TPSA) is 73.9 Å². The number of nitrogens with zero attached hydrogens (tertiary/aromatic N) is 2. The largest absolute Gasteiger partial charge is 0.409 e. The molecule has 0 aliphatic heterocycles. The molecule has 0 aromatic heterocycles. The van der Waals surface area contributed by atoms with Crippen molar-refractivity contribution in [3.8, 4) is 0 Å². The van der Waals surface area contributed by atoms with Gasteiger partial charge in [-0.05, 0) is 27.7 Å². The minimum Gasteiger partial charge on any atom is -0.409 e.